The number of hydrogen-bond donors (Lipinski definition) is 1. The smallest absolute Gasteiger partial charge is 0.220 e. The Morgan fingerprint density at radius 3 is 2.50 bits per heavy atom. The predicted octanol–water partition coefficient (Wildman–Crippen LogP) is 2.15. The first kappa shape index (κ1) is 10.7. The number of aliphatic hydroxyl groups excluding tert-OH is 1. The standard InChI is InChI=1S/C12H13NO3/c1-8-12(16-11(7-14)13-8)9-3-5-10(15-2)6-4-9/h3-6,14H,7H2,1-2H3. The summed E-state index contributed by atoms with van der Waals surface area (Å²) in [6.45, 7) is 1.67. The second-order valence-electron chi connectivity index (χ2n) is 3.41. The molecule has 0 aliphatic heterocycles. The summed E-state index contributed by atoms with van der Waals surface area (Å²) in [6, 6.07) is 7.51. The van der Waals surface area contributed by atoms with Gasteiger partial charge in [0, 0.05) is 5.56 Å². The van der Waals surface area contributed by atoms with Crippen LogP contribution in [0.5, 0.6) is 5.75 Å². The highest BCUT2D eigenvalue weighted by molar-refractivity contribution is 5.60. The van der Waals surface area contributed by atoms with Gasteiger partial charge in [-0.15, -0.1) is 0 Å². The Hall–Kier alpha value is -1.81. The Bertz CT molecular complexity index is 474. The van der Waals surface area contributed by atoms with Gasteiger partial charge in [0.1, 0.15) is 12.4 Å². The minimum Gasteiger partial charge on any atom is -0.497 e. The van der Waals surface area contributed by atoms with Gasteiger partial charge in [-0.1, -0.05) is 0 Å². The van der Waals surface area contributed by atoms with Crippen LogP contribution in [0.15, 0.2) is 28.7 Å². The molecule has 1 aromatic carbocycles. The third-order valence-corrected chi connectivity index (χ3v) is 2.33. The SMILES string of the molecule is COc1ccc(-c2oc(CO)nc2C)cc1. The van der Waals surface area contributed by atoms with E-state index in [1.54, 1.807) is 7.11 Å². The van der Waals surface area contributed by atoms with Gasteiger partial charge in [0.05, 0.1) is 12.8 Å². The molecule has 0 atom stereocenters. The zero-order valence-electron chi connectivity index (χ0n) is 9.23. The minimum absolute atomic E-state index is 0.184. The van der Waals surface area contributed by atoms with Crippen LogP contribution in [0.4, 0.5) is 0 Å². The van der Waals surface area contributed by atoms with Crippen molar-refractivity contribution in [2.24, 2.45) is 0 Å². The van der Waals surface area contributed by atoms with Crippen LogP contribution in [0.25, 0.3) is 11.3 Å². The van der Waals surface area contributed by atoms with E-state index >= 15 is 0 Å². The molecule has 16 heavy (non-hydrogen) atoms. The van der Waals surface area contributed by atoms with Gasteiger partial charge in [-0.25, -0.2) is 4.98 Å². The Morgan fingerprint density at radius 2 is 2.00 bits per heavy atom. The van der Waals surface area contributed by atoms with Crippen LogP contribution in [0.3, 0.4) is 0 Å². The zero-order valence-corrected chi connectivity index (χ0v) is 9.23. The van der Waals surface area contributed by atoms with E-state index in [1.165, 1.54) is 0 Å². The van der Waals surface area contributed by atoms with Crippen LogP contribution in [0, 0.1) is 6.92 Å². The number of benzene rings is 1. The average molecular weight is 219 g/mol. The predicted molar refractivity (Wildman–Crippen MR) is 59.2 cm³/mol. The summed E-state index contributed by atoms with van der Waals surface area (Å²) in [5.74, 6) is 1.82. The molecule has 0 fully saturated rings. The molecular formula is C12H13NO3. The summed E-state index contributed by atoms with van der Waals surface area (Å²) in [6.07, 6.45) is 0. The lowest BCUT2D eigenvalue weighted by Gasteiger charge is -2.01. The third kappa shape index (κ3) is 1.92. The van der Waals surface area contributed by atoms with Crippen molar-refractivity contribution < 1.29 is 14.3 Å². The first-order valence-electron chi connectivity index (χ1n) is 4.96. The Morgan fingerprint density at radius 1 is 1.31 bits per heavy atom. The van der Waals surface area contributed by atoms with Gasteiger partial charge in [0.25, 0.3) is 0 Å². The van der Waals surface area contributed by atoms with Crippen LogP contribution in [0.2, 0.25) is 0 Å². The van der Waals surface area contributed by atoms with Crippen molar-refractivity contribution >= 4 is 0 Å². The number of aryl methyl sites for hydroxylation is 1. The first-order chi connectivity index (χ1) is 7.74. The highest BCUT2D eigenvalue weighted by atomic mass is 16.5. The van der Waals surface area contributed by atoms with E-state index in [0.29, 0.717) is 11.7 Å². The van der Waals surface area contributed by atoms with Gasteiger partial charge in [-0.05, 0) is 31.2 Å². The molecule has 0 bridgehead atoms. The van der Waals surface area contributed by atoms with Crippen molar-refractivity contribution in [1.29, 1.82) is 0 Å². The van der Waals surface area contributed by atoms with Gasteiger partial charge in [0.15, 0.2) is 5.76 Å². The summed E-state index contributed by atoms with van der Waals surface area (Å²) in [5, 5.41) is 8.93. The van der Waals surface area contributed by atoms with Crippen molar-refractivity contribution in [3.8, 4) is 17.1 Å². The molecule has 4 nitrogen and oxygen atoms in total. The van der Waals surface area contributed by atoms with Crippen molar-refractivity contribution in [2.75, 3.05) is 7.11 Å². The average Bonchev–Trinajstić information content (AvgIpc) is 2.71. The maximum atomic E-state index is 8.93. The monoisotopic (exact) mass is 219 g/mol. The summed E-state index contributed by atoms with van der Waals surface area (Å²) >= 11 is 0. The summed E-state index contributed by atoms with van der Waals surface area (Å²) < 4.78 is 10.5. The molecule has 0 aliphatic rings. The molecule has 4 heteroatoms. The molecule has 0 radical (unpaired) electrons. The van der Waals surface area contributed by atoms with E-state index in [-0.39, 0.29) is 6.61 Å². The highest BCUT2D eigenvalue weighted by Gasteiger charge is 2.10. The summed E-state index contributed by atoms with van der Waals surface area (Å²) in [5.41, 5.74) is 1.69. The second-order valence-corrected chi connectivity index (χ2v) is 3.41. The zero-order chi connectivity index (χ0) is 11.5. The maximum absolute atomic E-state index is 8.93. The number of hydrogen-bond acceptors (Lipinski definition) is 4. The van der Waals surface area contributed by atoms with E-state index in [4.69, 9.17) is 14.3 Å². The van der Waals surface area contributed by atoms with E-state index in [0.717, 1.165) is 17.0 Å². The molecule has 0 saturated heterocycles. The number of aromatic nitrogens is 1. The fraction of sp³-hybridized carbons (Fsp3) is 0.250. The summed E-state index contributed by atoms with van der Waals surface area (Å²) in [7, 11) is 1.62. The number of methoxy groups -OCH3 is 1. The molecule has 1 N–H and O–H groups in total. The minimum atomic E-state index is -0.184. The molecule has 2 rings (SSSR count). The second kappa shape index (κ2) is 4.37. The van der Waals surface area contributed by atoms with Gasteiger partial charge in [-0.3, -0.25) is 0 Å². The van der Waals surface area contributed by atoms with Crippen molar-refractivity contribution in [3.63, 3.8) is 0 Å². The van der Waals surface area contributed by atoms with E-state index in [2.05, 4.69) is 4.98 Å². The highest BCUT2D eigenvalue weighted by Crippen LogP contribution is 2.26. The molecule has 0 aliphatic carbocycles. The lowest BCUT2D eigenvalue weighted by atomic mass is 10.1. The van der Waals surface area contributed by atoms with Crippen LogP contribution in [-0.2, 0) is 6.61 Å². The number of oxazole rings is 1. The number of aliphatic hydroxyl groups is 1. The molecule has 0 saturated carbocycles. The Kier molecular flexibility index (Phi) is 2.92. The number of ether oxygens (including phenoxy) is 1. The van der Waals surface area contributed by atoms with E-state index in [1.807, 2.05) is 31.2 Å². The quantitative estimate of drug-likeness (QED) is 0.859. The van der Waals surface area contributed by atoms with Crippen LogP contribution in [0.1, 0.15) is 11.6 Å². The lowest BCUT2D eigenvalue weighted by molar-refractivity contribution is 0.241. The molecule has 0 spiro atoms. The van der Waals surface area contributed by atoms with Crippen LogP contribution in [-0.4, -0.2) is 17.2 Å². The van der Waals surface area contributed by atoms with Crippen molar-refractivity contribution in [1.82, 2.24) is 4.98 Å². The number of rotatable bonds is 3. The topological polar surface area (TPSA) is 55.5 Å². The molecule has 84 valence electrons. The molecule has 0 amide bonds. The van der Waals surface area contributed by atoms with Gasteiger partial charge >= 0.3 is 0 Å². The number of nitrogens with zero attached hydrogens (tertiary/aromatic N) is 1. The molecular weight excluding hydrogens is 206 g/mol. The summed E-state index contributed by atoms with van der Waals surface area (Å²) in [4.78, 5) is 4.10. The molecule has 0 unspecified atom stereocenters. The van der Waals surface area contributed by atoms with E-state index < -0.39 is 0 Å². The maximum Gasteiger partial charge on any atom is 0.220 e. The fourth-order valence-corrected chi connectivity index (χ4v) is 1.53. The van der Waals surface area contributed by atoms with Crippen molar-refractivity contribution in [3.05, 3.63) is 35.9 Å². The van der Waals surface area contributed by atoms with Gasteiger partial charge < -0.3 is 14.3 Å². The normalized spacial score (nSPS) is 10.4. The largest absolute Gasteiger partial charge is 0.497 e. The Balaban J connectivity index is 2.38. The van der Waals surface area contributed by atoms with Gasteiger partial charge in [0.2, 0.25) is 5.89 Å². The van der Waals surface area contributed by atoms with Gasteiger partial charge in [-0.2, -0.15) is 0 Å². The molecule has 1 heterocycles. The lowest BCUT2D eigenvalue weighted by Crippen LogP contribution is -1.83. The molecule has 2 aromatic rings. The third-order valence-electron chi connectivity index (χ3n) is 2.33. The fourth-order valence-electron chi connectivity index (χ4n) is 1.53. The molecule has 1 aromatic heterocycles. The van der Waals surface area contributed by atoms with E-state index in [9.17, 15) is 0 Å². The van der Waals surface area contributed by atoms with Crippen molar-refractivity contribution in [2.45, 2.75) is 13.5 Å². The first-order valence-corrected chi connectivity index (χ1v) is 4.96. The van der Waals surface area contributed by atoms with Crippen LogP contribution < -0.4 is 4.74 Å². The Labute approximate surface area is 93.5 Å². The van der Waals surface area contributed by atoms with Crippen LogP contribution >= 0.6 is 0 Å².